The van der Waals surface area contributed by atoms with Crippen molar-refractivity contribution in [3.8, 4) is 11.1 Å². The third-order valence-electron chi connectivity index (χ3n) is 8.20. The predicted octanol–water partition coefficient (Wildman–Crippen LogP) is 3.95. The van der Waals surface area contributed by atoms with Crippen molar-refractivity contribution in [3.63, 3.8) is 0 Å². The Morgan fingerprint density at radius 2 is 1.52 bits per heavy atom. The number of esters is 1. The second-order valence-corrected chi connectivity index (χ2v) is 12.7. The number of alkyl carbamates (subject to hydrolysis) is 1. The molecule has 1 aliphatic heterocycles. The van der Waals surface area contributed by atoms with Crippen molar-refractivity contribution in [1.29, 1.82) is 0 Å². The molecule has 1 saturated heterocycles. The molecule has 1 aliphatic carbocycles. The molecule has 3 amide bonds. The first-order valence-corrected chi connectivity index (χ1v) is 15.7. The summed E-state index contributed by atoms with van der Waals surface area (Å²) in [6.07, 6.45) is -1.15. The van der Waals surface area contributed by atoms with Gasteiger partial charge in [0.2, 0.25) is 5.91 Å². The van der Waals surface area contributed by atoms with Crippen LogP contribution in [0.1, 0.15) is 56.2 Å². The lowest BCUT2D eigenvalue weighted by Gasteiger charge is -2.29. The van der Waals surface area contributed by atoms with E-state index in [-0.39, 0.29) is 18.9 Å². The van der Waals surface area contributed by atoms with E-state index in [0.717, 1.165) is 27.8 Å². The van der Waals surface area contributed by atoms with Crippen LogP contribution in [0.25, 0.3) is 11.1 Å². The van der Waals surface area contributed by atoms with Gasteiger partial charge in [0.1, 0.15) is 30.4 Å². The number of aliphatic hydroxyl groups is 1. The van der Waals surface area contributed by atoms with E-state index in [1.165, 1.54) is 4.90 Å². The Kier molecular flexibility index (Phi) is 10.1. The van der Waals surface area contributed by atoms with E-state index in [4.69, 9.17) is 9.47 Å². The highest BCUT2D eigenvalue weighted by atomic mass is 16.6. The predicted molar refractivity (Wildman–Crippen MR) is 172 cm³/mol. The minimum Gasteiger partial charge on any atom is -0.458 e. The summed E-state index contributed by atoms with van der Waals surface area (Å²) in [6.45, 7) is 5.23. The maximum atomic E-state index is 13.4. The van der Waals surface area contributed by atoms with Crippen LogP contribution in [-0.2, 0) is 30.3 Å². The number of fused-ring (bicyclic) bond motifs is 3. The Morgan fingerprint density at radius 1 is 0.913 bits per heavy atom. The smallest absolute Gasteiger partial charge is 0.407 e. The quantitative estimate of drug-likeness (QED) is 0.290. The number of likely N-dealkylation sites (tertiary alicyclic amines) is 1. The first kappa shape index (κ1) is 32.7. The number of ether oxygens (including phenoxy) is 2. The minimum atomic E-state index is -1.58. The van der Waals surface area contributed by atoms with Crippen molar-refractivity contribution < 1.29 is 33.8 Å². The number of hydrogen-bond donors (Lipinski definition) is 3. The Balaban J connectivity index is 1.20. The summed E-state index contributed by atoms with van der Waals surface area (Å²) in [4.78, 5) is 53.5. The standard InChI is InChI=1S/C36H41N3O7/c1-36(2,3)46-34(43)30-18-11-19-39(30)33(42)31(40)21-37-32(41)29(20-23-12-5-4-6-13-23)38-35(44)45-22-28-26-16-9-7-14-24(26)25-15-8-10-17-27(25)28/h4-10,12-17,28-31,40H,11,18-22H2,1-3H3,(H,37,41)(H,38,44)/t29-,30-,31-/m0/s1. The SMILES string of the molecule is CC(C)(C)OC(=O)[C@@H]1CCCN1C(=O)[C@@H](O)CNC(=O)[C@H](Cc1ccccc1)NC(=O)OCC1c2ccccc2-c2ccccc21. The van der Waals surface area contributed by atoms with Gasteiger partial charge in [-0.15, -0.1) is 0 Å². The summed E-state index contributed by atoms with van der Waals surface area (Å²) in [5, 5.41) is 16.0. The zero-order valence-corrected chi connectivity index (χ0v) is 26.4. The lowest BCUT2D eigenvalue weighted by molar-refractivity contribution is -0.164. The van der Waals surface area contributed by atoms with E-state index < -0.39 is 54.2 Å². The first-order valence-electron chi connectivity index (χ1n) is 15.7. The molecule has 3 N–H and O–H groups in total. The van der Waals surface area contributed by atoms with Crippen LogP contribution in [0.15, 0.2) is 78.9 Å². The van der Waals surface area contributed by atoms with Gasteiger partial charge < -0.3 is 30.1 Å². The highest BCUT2D eigenvalue weighted by molar-refractivity contribution is 5.89. The summed E-state index contributed by atoms with van der Waals surface area (Å²) in [7, 11) is 0. The number of nitrogens with zero attached hydrogens (tertiary/aromatic N) is 1. The van der Waals surface area contributed by atoms with Crippen molar-refractivity contribution in [2.75, 3.05) is 19.7 Å². The average molecular weight is 628 g/mol. The molecule has 2 aliphatic rings. The van der Waals surface area contributed by atoms with Gasteiger partial charge in [-0.2, -0.15) is 0 Å². The monoisotopic (exact) mass is 627 g/mol. The van der Waals surface area contributed by atoms with E-state index in [9.17, 15) is 24.3 Å². The van der Waals surface area contributed by atoms with E-state index in [1.54, 1.807) is 20.8 Å². The molecule has 0 unspecified atom stereocenters. The number of benzene rings is 3. The highest BCUT2D eigenvalue weighted by Gasteiger charge is 2.39. The summed E-state index contributed by atoms with van der Waals surface area (Å²) in [5.41, 5.74) is 4.44. The fourth-order valence-corrected chi connectivity index (χ4v) is 6.09. The third-order valence-corrected chi connectivity index (χ3v) is 8.20. The summed E-state index contributed by atoms with van der Waals surface area (Å²) < 4.78 is 11.1. The number of amides is 3. The third kappa shape index (κ3) is 7.74. The maximum absolute atomic E-state index is 13.4. The lowest BCUT2D eigenvalue weighted by Crippen LogP contribution is -2.53. The van der Waals surface area contributed by atoms with Gasteiger partial charge in [0.25, 0.3) is 5.91 Å². The molecule has 3 aromatic carbocycles. The topological polar surface area (TPSA) is 134 Å². The molecule has 0 saturated carbocycles. The summed E-state index contributed by atoms with van der Waals surface area (Å²) in [6, 6.07) is 23.4. The summed E-state index contributed by atoms with van der Waals surface area (Å²) >= 11 is 0. The van der Waals surface area contributed by atoms with Gasteiger partial charge in [-0.1, -0.05) is 78.9 Å². The van der Waals surface area contributed by atoms with Crippen LogP contribution in [0, 0.1) is 0 Å². The van der Waals surface area contributed by atoms with Crippen molar-refractivity contribution in [2.24, 2.45) is 0 Å². The van der Waals surface area contributed by atoms with Crippen LogP contribution in [0.5, 0.6) is 0 Å². The molecule has 10 heteroatoms. The fraction of sp³-hybridized carbons (Fsp3) is 0.389. The molecule has 1 heterocycles. The molecule has 5 rings (SSSR count). The number of nitrogens with one attached hydrogen (secondary N) is 2. The first-order chi connectivity index (χ1) is 22.0. The van der Waals surface area contributed by atoms with Crippen LogP contribution < -0.4 is 10.6 Å². The molecule has 0 aromatic heterocycles. The number of carbonyl (C=O) groups is 4. The lowest BCUT2D eigenvalue weighted by atomic mass is 9.98. The molecule has 0 spiro atoms. The van der Waals surface area contributed by atoms with Crippen LogP contribution in [-0.4, -0.2) is 77.4 Å². The van der Waals surface area contributed by atoms with Crippen LogP contribution in [0.3, 0.4) is 0 Å². The average Bonchev–Trinajstić information content (AvgIpc) is 3.65. The van der Waals surface area contributed by atoms with Crippen LogP contribution in [0.2, 0.25) is 0 Å². The maximum Gasteiger partial charge on any atom is 0.407 e. The van der Waals surface area contributed by atoms with Gasteiger partial charge in [0.15, 0.2) is 0 Å². The zero-order valence-electron chi connectivity index (χ0n) is 26.4. The number of aliphatic hydroxyl groups excluding tert-OH is 1. The van der Waals surface area contributed by atoms with Gasteiger partial charge >= 0.3 is 12.1 Å². The number of hydrogen-bond acceptors (Lipinski definition) is 7. The Morgan fingerprint density at radius 3 is 2.15 bits per heavy atom. The number of carbonyl (C=O) groups excluding carboxylic acids is 4. The van der Waals surface area contributed by atoms with Crippen molar-refractivity contribution >= 4 is 23.9 Å². The molecule has 46 heavy (non-hydrogen) atoms. The Labute approximate surface area is 269 Å². The van der Waals surface area contributed by atoms with E-state index in [1.807, 2.05) is 66.7 Å². The molecule has 1 fully saturated rings. The molecular weight excluding hydrogens is 586 g/mol. The van der Waals surface area contributed by atoms with Crippen molar-refractivity contribution in [1.82, 2.24) is 15.5 Å². The number of rotatable bonds is 10. The second-order valence-electron chi connectivity index (χ2n) is 12.7. The zero-order chi connectivity index (χ0) is 32.8. The highest BCUT2D eigenvalue weighted by Crippen LogP contribution is 2.44. The van der Waals surface area contributed by atoms with E-state index >= 15 is 0 Å². The van der Waals surface area contributed by atoms with Crippen LogP contribution in [0.4, 0.5) is 4.79 Å². The molecule has 0 radical (unpaired) electrons. The van der Waals surface area contributed by atoms with Crippen LogP contribution >= 0.6 is 0 Å². The normalized spacial score (nSPS) is 17.0. The van der Waals surface area contributed by atoms with Gasteiger partial charge in [-0.3, -0.25) is 9.59 Å². The van der Waals surface area contributed by atoms with Gasteiger partial charge in [-0.05, 0) is 61.4 Å². The van der Waals surface area contributed by atoms with E-state index in [2.05, 4.69) is 22.8 Å². The molecular formula is C36H41N3O7. The Hall–Kier alpha value is -4.70. The fourth-order valence-electron chi connectivity index (χ4n) is 6.09. The largest absolute Gasteiger partial charge is 0.458 e. The molecule has 242 valence electrons. The van der Waals surface area contributed by atoms with Gasteiger partial charge in [0, 0.05) is 18.9 Å². The molecule has 0 bridgehead atoms. The van der Waals surface area contributed by atoms with Gasteiger partial charge in [0.05, 0.1) is 6.54 Å². The Bertz CT molecular complexity index is 1520. The molecule has 3 atom stereocenters. The minimum absolute atomic E-state index is 0.0847. The van der Waals surface area contributed by atoms with E-state index in [0.29, 0.717) is 19.4 Å². The van der Waals surface area contributed by atoms with Crippen molar-refractivity contribution in [2.45, 2.75) is 69.7 Å². The second kappa shape index (κ2) is 14.2. The summed E-state index contributed by atoms with van der Waals surface area (Å²) in [5.74, 6) is -1.92. The van der Waals surface area contributed by atoms with Crippen molar-refractivity contribution in [3.05, 3.63) is 95.6 Å². The molecule has 10 nitrogen and oxygen atoms in total. The molecule has 3 aromatic rings. The van der Waals surface area contributed by atoms with Gasteiger partial charge in [-0.25, -0.2) is 9.59 Å².